The molecule has 0 aliphatic heterocycles. The van der Waals surface area contributed by atoms with Crippen molar-refractivity contribution in [2.75, 3.05) is 5.32 Å². The maximum absolute atomic E-state index is 11.0. The fourth-order valence-corrected chi connectivity index (χ4v) is 1.57. The molecule has 5 nitrogen and oxygen atoms in total. The van der Waals surface area contributed by atoms with Gasteiger partial charge in [-0.25, -0.2) is 9.78 Å². The molecule has 0 bridgehead atoms. The van der Waals surface area contributed by atoms with Gasteiger partial charge in [-0.15, -0.1) is 0 Å². The van der Waals surface area contributed by atoms with Gasteiger partial charge in [0.05, 0.1) is 0 Å². The van der Waals surface area contributed by atoms with E-state index in [1.54, 1.807) is 12.1 Å². The number of hydrogen-bond donors (Lipinski definition) is 2. The Hall–Kier alpha value is -2.09. The highest BCUT2D eigenvalue weighted by Crippen LogP contribution is 2.34. The van der Waals surface area contributed by atoms with Gasteiger partial charge in [-0.05, 0) is 30.9 Å². The van der Waals surface area contributed by atoms with Gasteiger partial charge in [-0.2, -0.15) is 5.26 Å². The van der Waals surface area contributed by atoms with Gasteiger partial charge in [-0.1, -0.05) is 0 Å². The van der Waals surface area contributed by atoms with E-state index >= 15 is 0 Å². The molecule has 1 heterocycles. The van der Waals surface area contributed by atoms with Gasteiger partial charge >= 0.3 is 5.97 Å². The van der Waals surface area contributed by atoms with Gasteiger partial charge in [0.1, 0.15) is 17.8 Å². The topological polar surface area (TPSA) is 86.0 Å². The van der Waals surface area contributed by atoms with Crippen LogP contribution >= 0.6 is 0 Å². The smallest absolute Gasteiger partial charge is 0.326 e. The van der Waals surface area contributed by atoms with Crippen LogP contribution in [0, 0.1) is 17.2 Å². The summed E-state index contributed by atoms with van der Waals surface area (Å²) in [5.41, 5.74) is 0.913. The Morgan fingerprint density at radius 3 is 3.00 bits per heavy atom. The molecule has 1 fully saturated rings. The van der Waals surface area contributed by atoms with Crippen LogP contribution in [0.3, 0.4) is 0 Å². The third-order valence-electron chi connectivity index (χ3n) is 2.56. The molecule has 1 aromatic heterocycles. The number of carboxylic acid groups (broad SMARTS) is 1. The van der Waals surface area contributed by atoms with Crippen molar-refractivity contribution in [2.45, 2.75) is 18.9 Å². The van der Waals surface area contributed by atoms with Gasteiger partial charge in [0, 0.05) is 11.9 Å². The maximum atomic E-state index is 11.0. The number of aliphatic carboxylic acids is 1. The van der Waals surface area contributed by atoms with Crippen LogP contribution in [-0.4, -0.2) is 22.1 Å². The Morgan fingerprint density at radius 1 is 1.69 bits per heavy atom. The molecule has 1 aromatic rings. The minimum Gasteiger partial charge on any atom is -0.480 e. The molecule has 5 heteroatoms. The average molecular weight is 217 g/mol. The highest BCUT2D eigenvalue weighted by Gasteiger charge is 2.36. The predicted molar refractivity (Wildman–Crippen MR) is 56.7 cm³/mol. The van der Waals surface area contributed by atoms with E-state index in [1.807, 2.05) is 6.07 Å². The number of carbonyl (C=O) groups is 1. The van der Waals surface area contributed by atoms with Crippen LogP contribution in [0.2, 0.25) is 0 Å². The molecule has 1 aliphatic rings. The fraction of sp³-hybridized carbons (Fsp3) is 0.364. The van der Waals surface area contributed by atoms with Gasteiger partial charge < -0.3 is 10.4 Å². The zero-order valence-corrected chi connectivity index (χ0v) is 8.55. The Bertz CT molecular complexity index is 449. The number of aromatic nitrogens is 1. The first-order chi connectivity index (χ1) is 7.70. The summed E-state index contributed by atoms with van der Waals surface area (Å²) in [7, 11) is 0. The van der Waals surface area contributed by atoms with Crippen LogP contribution in [0.25, 0.3) is 0 Å². The van der Waals surface area contributed by atoms with Crippen molar-refractivity contribution in [1.29, 1.82) is 5.26 Å². The first-order valence-electron chi connectivity index (χ1n) is 5.06. The quantitative estimate of drug-likeness (QED) is 0.792. The molecule has 0 spiro atoms. The first-order valence-corrected chi connectivity index (χ1v) is 5.06. The second-order valence-corrected chi connectivity index (χ2v) is 3.84. The Balaban J connectivity index is 2.12. The van der Waals surface area contributed by atoms with E-state index in [0.29, 0.717) is 5.69 Å². The van der Waals surface area contributed by atoms with Crippen molar-refractivity contribution < 1.29 is 9.90 Å². The molecule has 0 aromatic carbocycles. The number of rotatable bonds is 4. The number of carboxylic acids is 1. The summed E-state index contributed by atoms with van der Waals surface area (Å²) in [5, 5.41) is 20.6. The fourth-order valence-electron chi connectivity index (χ4n) is 1.57. The van der Waals surface area contributed by atoms with Crippen molar-refractivity contribution in [2.24, 2.45) is 5.92 Å². The van der Waals surface area contributed by atoms with Crippen LogP contribution in [-0.2, 0) is 4.79 Å². The van der Waals surface area contributed by atoms with Crippen LogP contribution in [0.5, 0.6) is 0 Å². The van der Waals surface area contributed by atoms with Crippen LogP contribution in [0.15, 0.2) is 18.3 Å². The van der Waals surface area contributed by atoms with Crippen LogP contribution < -0.4 is 5.32 Å². The minimum absolute atomic E-state index is 0.205. The zero-order valence-electron chi connectivity index (χ0n) is 8.55. The van der Waals surface area contributed by atoms with Gasteiger partial charge in [0.25, 0.3) is 0 Å². The lowest BCUT2D eigenvalue weighted by Gasteiger charge is -2.14. The van der Waals surface area contributed by atoms with E-state index in [-0.39, 0.29) is 11.6 Å². The molecule has 1 unspecified atom stereocenters. The largest absolute Gasteiger partial charge is 0.480 e. The SMILES string of the molecule is N#Cc1cc(NC(C(=O)O)C2CC2)ccn1. The lowest BCUT2D eigenvalue weighted by Crippen LogP contribution is -2.31. The number of anilines is 1. The molecule has 0 amide bonds. The first kappa shape index (κ1) is 10.4. The highest BCUT2D eigenvalue weighted by atomic mass is 16.4. The predicted octanol–water partition coefficient (Wildman–Crippen LogP) is 1.23. The summed E-state index contributed by atoms with van der Waals surface area (Å²) in [6.45, 7) is 0. The zero-order chi connectivity index (χ0) is 11.5. The molecular formula is C11H11N3O2. The Kier molecular flexibility index (Phi) is 2.73. The standard InChI is InChI=1S/C11H11N3O2/c12-6-9-5-8(3-4-13-9)14-10(11(15)16)7-1-2-7/h3-5,7,10H,1-2H2,(H,13,14)(H,15,16). The summed E-state index contributed by atoms with van der Waals surface area (Å²) in [6.07, 6.45) is 3.38. The third kappa shape index (κ3) is 2.28. The minimum atomic E-state index is -0.849. The second kappa shape index (κ2) is 4.19. The number of nitrogens with one attached hydrogen (secondary N) is 1. The molecule has 1 aliphatic carbocycles. The lowest BCUT2D eigenvalue weighted by atomic mass is 10.2. The number of nitrogens with zero attached hydrogens (tertiary/aromatic N) is 2. The molecular weight excluding hydrogens is 206 g/mol. The van der Waals surface area contributed by atoms with Crippen molar-refractivity contribution in [3.05, 3.63) is 24.0 Å². The molecule has 82 valence electrons. The normalized spacial score (nSPS) is 16.2. The van der Waals surface area contributed by atoms with E-state index < -0.39 is 12.0 Å². The summed E-state index contributed by atoms with van der Waals surface area (Å²) in [5.74, 6) is -0.644. The molecule has 2 N–H and O–H groups in total. The van der Waals surface area contributed by atoms with Gasteiger partial charge in [0.15, 0.2) is 0 Å². The summed E-state index contributed by atoms with van der Waals surface area (Å²) >= 11 is 0. The number of pyridine rings is 1. The van der Waals surface area contributed by atoms with Crippen LogP contribution in [0.1, 0.15) is 18.5 Å². The van der Waals surface area contributed by atoms with Gasteiger partial charge in [-0.3, -0.25) is 0 Å². The second-order valence-electron chi connectivity index (χ2n) is 3.84. The Labute approximate surface area is 92.7 Å². The van der Waals surface area contributed by atoms with E-state index in [1.165, 1.54) is 6.20 Å². The van der Waals surface area contributed by atoms with E-state index in [2.05, 4.69) is 10.3 Å². The van der Waals surface area contributed by atoms with Crippen molar-refractivity contribution in [3.63, 3.8) is 0 Å². The van der Waals surface area contributed by atoms with Crippen molar-refractivity contribution >= 4 is 11.7 Å². The van der Waals surface area contributed by atoms with Crippen LogP contribution in [0.4, 0.5) is 5.69 Å². The third-order valence-corrected chi connectivity index (χ3v) is 2.56. The summed E-state index contributed by atoms with van der Waals surface area (Å²) in [4.78, 5) is 14.8. The average Bonchev–Trinajstić information content (AvgIpc) is 3.10. The summed E-state index contributed by atoms with van der Waals surface area (Å²) < 4.78 is 0. The molecule has 0 saturated heterocycles. The molecule has 16 heavy (non-hydrogen) atoms. The highest BCUT2D eigenvalue weighted by molar-refractivity contribution is 5.78. The Morgan fingerprint density at radius 2 is 2.44 bits per heavy atom. The summed E-state index contributed by atoms with van der Waals surface area (Å²) in [6, 6.07) is 4.57. The molecule has 0 radical (unpaired) electrons. The number of nitriles is 1. The molecule has 1 saturated carbocycles. The molecule has 2 rings (SSSR count). The van der Waals surface area contributed by atoms with Crippen molar-refractivity contribution in [1.82, 2.24) is 4.98 Å². The molecule has 1 atom stereocenters. The van der Waals surface area contributed by atoms with Gasteiger partial charge in [0.2, 0.25) is 0 Å². The van der Waals surface area contributed by atoms with E-state index in [9.17, 15) is 4.79 Å². The monoisotopic (exact) mass is 217 g/mol. The van der Waals surface area contributed by atoms with E-state index in [0.717, 1.165) is 12.8 Å². The van der Waals surface area contributed by atoms with E-state index in [4.69, 9.17) is 10.4 Å². The number of hydrogen-bond acceptors (Lipinski definition) is 4. The lowest BCUT2D eigenvalue weighted by molar-refractivity contribution is -0.138. The van der Waals surface area contributed by atoms with Crippen molar-refractivity contribution in [3.8, 4) is 6.07 Å². The maximum Gasteiger partial charge on any atom is 0.326 e.